The third-order valence-electron chi connectivity index (χ3n) is 2.70. The minimum absolute atomic E-state index is 0.00236. The van der Waals surface area contributed by atoms with Crippen LogP contribution in [0.25, 0.3) is 0 Å². The Balaban J connectivity index is 2.18. The van der Waals surface area contributed by atoms with Crippen LogP contribution >= 0.6 is 11.6 Å². The zero-order valence-corrected chi connectivity index (χ0v) is 9.37. The summed E-state index contributed by atoms with van der Waals surface area (Å²) in [6.07, 6.45) is 2.66. The SMILES string of the molecule is CC1CCN(C(=O)c2cccnc2Cl)C1. The molecule has 1 saturated heterocycles. The fraction of sp³-hybridized carbons (Fsp3) is 0.455. The summed E-state index contributed by atoms with van der Waals surface area (Å²) in [5, 5.41) is 0.294. The maximum Gasteiger partial charge on any atom is 0.256 e. The number of aromatic nitrogens is 1. The first-order valence-electron chi connectivity index (χ1n) is 5.08. The maximum absolute atomic E-state index is 12.0. The molecule has 80 valence electrons. The summed E-state index contributed by atoms with van der Waals surface area (Å²) in [6.45, 7) is 3.80. The Morgan fingerprint density at radius 3 is 3.07 bits per heavy atom. The van der Waals surface area contributed by atoms with Gasteiger partial charge in [0.1, 0.15) is 5.15 Å². The number of likely N-dealkylation sites (tertiary alicyclic amines) is 1. The van der Waals surface area contributed by atoms with Gasteiger partial charge in [-0.05, 0) is 24.5 Å². The molecule has 1 aliphatic rings. The minimum atomic E-state index is -0.00236. The van der Waals surface area contributed by atoms with Gasteiger partial charge in [-0.2, -0.15) is 0 Å². The topological polar surface area (TPSA) is 33.2 Å². The lowest BCUT2D eigenvalue weighted by Gasteiger charge is -2.16. The predicted octanol–water partition coefficient (Wildman–Crippen LogP) is 2.22. The molecule has 0 spiro atoms. The number of pyridine rings is 1. The second-order valence-electron chi connectivity index (χ2n) is 3.99. The highest BCUT2D eigenvalue weighted by molar-refractivity contribution is 6.32. The number of halogens is 1. The van der Waals surface area contributed by atoms with Crippen molar-refractivity contribution in [3.05, 3.63) is 29.0 Å². The van der Waals surface area contributed by atoms with Crippen molar-refractivity contribution in [2.45, 2.75) is 13.3 Å². The lowest BCUT2D eigenvalue weighted by atomic mass is 10.2. The molecule has 3 nitrogen and oxygen atoms in total. The van der Waals surface area contributed by atoms with Gasteiger partial charge in [0.25, 0.3) is 5.91 Å². The highest BCUT2D eigenvalue weighted by Gasteiger charge is 2.25. The summed E-state index contributed by atoms with van der Waals surface area (Å²) in [7, 11) is 0. The molecule has 0 N–H and O–H groups in total. The molecule has 0 bridgehead atoms. The van der Waals surface area contributed by atoms with Crippen LogP contribution in [0.1, 0.15) is 23.7 Å². The van der Waals surface area contributed by atoms with E-state index in [0.29, 0.717) is 16.6 Å². The van der Waals surface area contributed by atoms with Crippen LogP contribution in [-0.2, 0) is 0 Å². The number of rotatable bonds is 1. The molecular weight excluding hydrogens is 212 g/mol. The first kappa shape index (κ1) is 10.4. The lowest BCUT2D eigenvalue weighted by molar-refractivity contribution is 0.0788. The van der Waals surface area contributed by atoms with Gasteiger partial charge in [-0.1, -0.05) is 18.5 Å². The van der Waals surface area contributed by atoms with E-state index in [1.807, 2.05) is 4.90 Å². The monoisotopic (exact) mass is 224 g/mol. The van der Waals surface area contributed by atoms with E-state index in [2.05, 4.69) is 11.9 Å². The molecule has 0 aromatic carbocycles. The van der Waals surface area contributed by atoms with Crippen molar-refractivity contribution in [1.82, 2.24) is 9.88 Å². The Hall–Kier alpha value is -1.09. The number of carbonyl (C=O) groups excluding carboxylic acids is 1. The standard InChI is InChI=1S/C11H13ClN2O/c1-8-4-6-14(7-8)11(15)9-3-2-5-13-10(9)12/h2-3,5,8H,4,6-7H2,1H3. The Bertz CT molecular complexity index is 381. The lowest BCUT2D eigenvalue weighted by Crippen LogP contribution is -2.28. The van der Waals surface area contributed by atoms with E-state index in [1.54, 1.807) is 18.3 Å². The Morgan fingerprint density at radius 1 is 1.67 bits per heavy atom. The van der Waals surface area contributed by atoms with Crippen LogP contribution in [0.4, 0.5) is 0 Å². The van der Waals surface area contributed by atoms with Crippen LogP contribution in [0.2, 0.25) is 5.15 Å². The van der Waals surface area contributed by atoms with Crippen molar-refractivity contribution in [2.75, 3.05) is 13.1 Å². The molecule has 2 rings (SSSR count). The third kappa shape index (κ3) is 2.12. The van der Waals surface area contributed by atoms with Crippen molar-refractivity contribution in [3.8, 4) is 0 Å². The summed E-state index contributed by atoms with van der Waals surface area (Å²) in [4.78, 5) is 17.8. The van der Waals surface area contributed by atoms with Crippen molar-refractivity contribution in [3.63, 3.8) is 0 Å². The fourth-order valence-electron chi connectivity index (χ4n) is 1.84. The molecule has 1 aromatic rings. The van der Waals surface area contributed by atoms with E-state index < -0.39 is 0 Å². The first-order chi connectivity index (χ1) is 7.18. The molecule has 0 aliphatic carbocycles. The van der Waals surface area contributed by atoms with E-state index >= 15 is 0 Å². The number of amides is 1. The Morgan fingerprint density at radius 2 is 2.47 bits per heavy atom. The van der Waals surface area contributed by atoms with Crippen LogP contribution in [-0.4, -0.2) is 28.9 Å². The van der Waals surface area contributed by atoms with Crippen LogP contribution in [0.5, 0.6) is 0 Å². The summed E-state index contributed by atoms with van der Waals surface area (Å²) in [6, 6.07) is 3.46. The predicted molar refractivity (Wildman–Crippen MR) is 58.9 cm³/mol. The van der Waals surface area contributed by atoms with Gasteiger partial charge in [0.15, 0.2) is 0 Å². The van der Waals surface area contributed by atoms with E-state index in [0.717, 1.165) is 19.5 Å². The van der Waals surface area contributed by atoms with E-state index in [9.17, 15) is 4.79 Å². The largest absolute Gasteiger partial charge is 0.338 e. The van der Waals surface area contributed by atoms with Crippen LogP contribution in [0.15, 0.2) is 18.3 Å². The van der Waals surface area contributed by atoms with Crippen molar-refractivity contribution >= 4 is 17.5 Å². The van der Waals surface area contributed by atoms with E-state index in [1.165, 1.54) is 0 Å². The molecule has 1 aliphatic heterocycles. The van der Waals surface area contributed by atoms with Crippen LogP contribution in [0.3, 0.4) is 0 Å². The molecule has 1 unspecified atom stereocenters. The molecule has 1 amide bonds. The normalized spacial score (nSPS) is 20.7. The first-order valence-corrected chi connectivity index (χ1v) is 5.46. The number of hydrogen-bond acceptors (Lipinski definition) is 2. The number of carbonyl (C=O) groups is 1. The number of nitrogens with zero attached hydrogens (tertiary/aromatic N) is 2. The van der Waals surface area contributed by atoms with Gasteiger partial charge in [0.05, 0.1) is 5.56 Å². The van der Waals surface area contributed by atoms with Crippen LogP contribution in [0, 0.1) is 5.92 Å². The zero-order chi connectivity index (χ0) is 10.8. The molecule has 15 heavy (non-hydrogen) atoms. The smallest absolute Gasteiger partial charge is 0.256 e. The summed E-state index contributed by atoms with van der Waals surface area (Å²) >= 11 is 5.88. The molecule has 1 atom stereocenters. The molecule has 0 saturated carbocycles. The summed E-state index contributed by atoms with van der Waals surface area (Å²) in [5.74, 6) is 0.585. The van der Waals surface area contributed by atoms with Gasteiger partial charge in [-0.25, -0.2) is 4.98 Å². The summed E-state index contributed by atoms with van der Waals surface area (Å²) in [5.41, 5.74) is 0.508. The molecule has 4 heteroatoms. The van der Waals surface area contributed by atoms with Gasteiger partial charge in [-0.3, -0.25) is 4.79 Å². The molecule has 1 aromatic heterocycles. The van der Waals surface area contributed by atoms with Gasteiger partial charge < -0.3 is 4.90 Å². The van der Waals surface area contributed by atoms with Crippen LogP contribution < -0.4 is 0 Å². The van der Waals surface area contributed by atoms with Crippen molar-refractivity contribution in [2.24, 2.45) is 5.92 Å². The minimum Gasteiger partial charge on any atom is -0.338 e. The highest BCUT2D eigenvalue weighted by Crippen LogP contribution is 2.20. The van der Waals surface area contributed by atoms with Gasteiger partial charge in [0.2, 0.25) is 0 Å². The summed E-state index contributed by atoms with van der Waals surface area (Å²) < 4.78 is 0. The van der Waals surface area contributed by atoms with E-state index in [4.69, 9.17) is 11.6 Å². The zero-order valence-electron chi connectivity index (χ0n) is 8.61. The fourth-order valence-corrected chi connectivity index (χ4v) is 2.04. The Labute approximate surface area is 94.1 Å². The van der Waals surface area contributed by atoms with Gasteiger partial charge in [0, 0.05) is 19.3 Å². The second kappa shape index (κ2) is 4.19. The quantitative estimate of drug-likeness (QED) is 0.686. The van der Waals surface area contributed by atoms with Gasteiger partial charge in [-0.15, -0.1) is 0 Å². The highest BCUT2D eigenvalue weighted by atomic mass is 35.5. The molecule has 0 radical (unpaired) electrons. The third-order valence-corrected chi connectivity index (χ3v) is 3.00. The molecular formula is C11H13ClN2O. The average molecular weight is 225 g/mol. The molecule has 1 fully saturated rings. The van der Waals surface area contributed by atoms with Crippen molar-refractivity contribution < 1.29 is 4.79 Å². The average Bonchev–Trinajstić information content (AvgIpc) is 2.65. The van der Waals surface area contributed by atoms with Crippen molar-refractivity contribution in [1.29, 1.82) is 0 Å². The number of hydrogen-bond donors (Lipinski definition) is 0. The Kier molecular flexibility index (Phi) is 2.91. The maximum atomic E-state index is 12.0. The van der Waals surface area contributed by atoms with Gasteiger partial charge >= 0.3 is 0 Å². The second-order valence-corrected chi connectivity index (χ2v) is 4.34. The molecule has 2 heterocycles. The van der Waals surface area contributed by atoms with E-state index in [-0.39, 0.29) is 5.91 Å².